The van der Waals surface area contributed by atoms with E-state index in [1.807, 2.05) is 30.4 Å². The zero-order chi connectivity index (χ0) is 40.3. The fraction of sp³-hybridized carbons (Fsp3) is 0.714. The second-order valence-corrected chi connectivity index (χ2v) is 15.2. The van der Waals surface area contributed by atoms with Crippen molar-refractivity contribution in [2.24, 2.45) is 0 Å². The number of ether oxygens (including phenoxy) is 1. The Morgan fingerprint density at radius 2 is 1.00 bits per heavy atom. The number of hydrogen-bond acceptors (Lipinski definition) is 5. The molecular weight excluding hydrogens is 683 g/mol. The molecule has 0 aliphatic rings. The third kappa shape index (κ3) is 38.0. The Labute approximate surface area is 339 Å². The van der Waals surface area contributed by atoms with Crippen LogP contribution in [0.1, 0.15) is 201 Å². The maximum Gasteiger partial charge on any atom is 0.306 e. The Balaban J connectivity index is 4.78. The normalized spacial score (nSPS) is 14.1. The summed E-state index contributed by atoms with van der Waals surface area (Å²) in [6, 6.07) is -0.724. The lowest BCUT2D eigenvalue weighted by Gasteiger charge is -2.24. The Morgan fingerprint density at radius 1 is 0.545 bits per heavy atom. The highest BCUT2D eigenvalue weighted by Crippen LogP contribution is 2.16. The molecular formula is C49H85NO5. The molecule has 0 bridgehead atoms. The fourth-order valence-electron chi connectivity index (χ4n) is 6.44. The van der Waals surface area contributed by atoms with Crippen molar-refractivity contribution in [2.45, 2.75) is 219 Å². The number of allylic oxidation sites excluding steroid dienone is 12. The summed E-state index contributed by atoms with van der Waals surface area (Å²) in [5, 5.41) is 23.5. The lowest BCUT2D eigenvalue weighted by atomic mass is 10.0. The quantitative estimate of drug-likeness (QED) is 0.0329. The average molecular weight is 768 g/mol. The van der Waals surface area contributed by atoms with Gasteiger partial charge in [0, 0.05) is 6.42 Å². The van der Waals surface area contributed by atoms with Crippen LogP contribution in [0, 0.1) is 0 Å². The van der Waals surface area contributed by atoms with Crippen molar-refractivity contribution in [1.82, 2.24) is 5.32 Å². The standard InChI is InChI=1S/C49H85NO5/c1-4-7-10-13-16-19-21-23-25-26-29-31-34-37-40-45(55-49(54)42-39-36-33-30-27-24-22-20-17-14-11-8-5-2)43-48(53)50-46(44-51)47(52)41-38-35-32-28-18-15-12-9-6-3/h8,11,14,17,20,22,24-27,29,31,45-47,51-52H,4-7,9-10,12-13,15-16,18-19,21,23,28,30,32-44H2,1-3H3,(H,50,53)/b11-8+,17-14+,22-20-,26-25+,27-24-,31-29+. The lowest BCUT2D eigenvalue weighted by molar-refractivity contribution is -0.151. The molecule has 55 heavy (non-hydrogen) atoms. The third-order valence-corrected chi connectivity index (χ3v) is 9.89. The molecule has 0 aliphatic heterocycles. The van der Waals surface area contributed by atoms with Crippen LogP contribution in [-0.4, -0.2) is 46.9 Å². The molecule has 0 radical (unpaired) electrons. The van der Waals surface area contributed by atoms with E-state index in [1.165, 1.54) is 83.5 Å². The van der Waals surface area contributed by atoms with Crippen LogP contribution < -0.4 is 5.32 Å². The minimum Gasteiger partial charge on any atom is -0.462 e. The van der Waals surface area contributed by atoms with Gasteiger partial charge < -0.3 is 20.3 Å². The molecule has 0 fully saturated rings. The van der Waals surface area contributed by atoms with Crippen LogP contribution >= 0.6 is 0 Å². The van der Waals surface area contributed by atoms with Gasteiger partial charge in [-0.15, -0.1) is 0 Å². The largest absolute Gasteiger partial charge is 0.462 e. The van der Waals surface area contributed by atoms with Gasteiger partial charge in [-0.1, -0.05) is 196 Å². The van der Waals surface area contributed by atoms with E-state index in [1.54, 1.807) is 0 Å². The van der Waals surface area contributed by atoms with Gasteiger partial charge in [0.05, 0.1) is 25.2 Å². The molecule has 1 amide bonds. The van der Waals surface area contributed by atoms with Crippen LogP contribution in [-0.2, 0) is 14.3 Å². The number of amides is 1. The smallest absolute Gasteiger partial charge is 0.306 e. The number of hydrogen-bond donors (Lipinski definition) is 3. The minimum absolute atomic E-state index is 0.0252. The number of aliphatic hydroxyl groups excluding tert-OH is 2. The van der Waals surface area contributed by atoms with Gasteiger partial charge in [0.1, 0.15) is 6.10 Å². The minimum atomic E-state index is -0.806. The van der Waals surface area contributed by atoms with E-state index in [0.717, 1.165) is 70.6 Å². The number of aliphatic hydroxyl groups is 2. The molecule has 0 aromatic rings. The second-order valence-electron chi connectivity index (χ2n) is 15.2. The number of nitrogens with one attached hydrogen (secondary N) is 1. The van der Waals surface area contributed by atoms with Crippen molar-refractivity contribution in [3.8, 4) is 0 Å². The van der Waals surface area contributed by atoms with Crippen LogP contribution in [0.5, 0.6) is 0 Å². The lowest BCUT2D eigenvalue weighted by Crippen LogP contribution is -2.46. The molecule has 3 atom stereocenters. The van der Waals surface area contributed by atoms with Gasteiger partial charge in [-0.3, -0.25) is 9.59 Å². The van der Waals surface area contributed by atoms with Crippen molar-refractivity contribution in [1.29, 1.82) is 0 Å². The Hall–Kier alpha value is -2.70. The summed E-state index contributed by atoms with van der Waals surface area (Å²) in [5.41, 5.74) is 0. The Bertz CT molecular complexity index is 1040. The second kappa shape index (κ2) is 42.4. The topological polar surface area (TPSA) is 95.9 Å². The summed E-state index contributed by atoms with van der Waals surface area (Å²) >= 11 is 0. The molecule has 0 saturated heterocycles. The fourth-order valence-corrected chi connectivity index (χ4v) is 6.44. The monoisotopic (exact) mass is 768 g/mol. The molecule has 6 nitrogen and oxygen atoms in total. The number of esters is 1. The maximum absolute atomic E-state index is 13.1. The van der Waals surface area contributed by atoms with Crippen molar-refractivity contribution in [2.75, 3.05) is 6.61 Å². The first-order chi connectivity index (χ1) is 27.0. The van der Waals surface area contributed by atoms with Gasteiger partial charge in [-0.05, 0) is 64.2 Å². The third-order valence-electron chi connectivity index (χ3n) is 9.89. The van der Waals surface area contributed by atoms with E-state index in [2.05, 4.69) is 68.6 Å². The van der Waals surface area contributed by atoms with E-state index in [-0.39, 0.29) is 24.9 Å². The molecule has 0 rings (SSSR count). The summed E-state index contributed by atoms with van der Waals surface area (Å²) in [6.07, 6.45) is 52.5. The van der Waals surface area contributed by atoms with Crippen LogP contribution in [0.15, 0.2) is 72.9 Å². The SMILES string of the molecule is CC/C=C/C=C/C=C\C=C/CCCCCC(=O)OC(CCC/C=C/C=C/CCCCCCCCC)CC(=O)NC(CO)C(O)CCCCCCCCCCC. The molecule has 0 aromatic heterocycles. The summed E-state index contributed by atoms with van der Waals surface area (Å²) in [5.74, 6) is -0.575. The zero-order valence-corrected chi connectivity index (χ0v) is 35.8. The predicted octanol–water partition coefficient (Wildman–Crippen LogP) is 13.1. The average Bonchev–Trinajstić information content (AvgIpc) is 3.18. The molecule has 3 unspecified atom stereocenters. The number of unbranched alkanes of at least 4 members (excludes halogenated alkanes) is 19. The van der Waals surface area contributed by atoms with Crippen molar-refractivity contribution < 1.29 is 24.5 Å². The van der Waals surface area contributed by atoms with Gasteiger partial charge >= 0.3 is 5.97 Å². The molecule has 0 aliphatic carbocycles. The molecule has 0 spiro atoms. The molecule has 6 heteroatoms. The first kappa shape index (κ1) is 52.3. The highest BCUT2D eigenvalue weighted by atomic mass is 16.5. The Morgan fingerprint density at radius 3 is 1.55 bits per heavy atom. The van der Waals surface area contributed by atoms with Crippen LogP contribution in [0.4, 0.5) is 0 Å². The molecule has 3 N–H and O–H groups in total. The van der Waals surface area contributed by atoms with Crippen LogP contribution in [0.3, 0.4) is 0 Å². The Kier molecular flexibility index (Phi) is 40.4. The number of carbonyl (C=O) groups excluding carboxylic acids is 2. The predicted molar refractivity (Wildman–Crippen MR) is 236 cm³/mol. The summed E-state index contributed by atoms with van der Waals surface area (Å²) in [4.78, 5) is 25.9. The van der Waals surface area contributed by atoms with E-state index >= 15 is 0 Å². The summed E-state index contributed by atoms with van der Waals surface area (Å²) in [7, 11) is 0. The maximum atomic E-state index is 13.1. The van der Waals surface area contributed by atoms with Gasteiger partial charge in [0.15, 0.2) is 0 Å². The molecule has 0 aromatic carbocycles. The number of rotatable bonds is 39. The van der Waals surface area contributed by atoms with E-state index in [9.17, 15) is 19.8 Å². The summed E-state index contributed by atoms with van der Waals surface area (Å²) < 4.78 is 5.85. The van der Waals surface area contributed by atoms with E-state index in [4.69, 9.17) is 4.74 Å². The van der Waals surface area contributed by atoms with Crippen LogP contribution in [0.25, 0.3) is 0 Å². The van der Waals surface area contributed by atoms with Gasteiger partial charge in [0.25, 0.3) is 0 Å². The first-order valence-electron chi connectivity index (χ1n) is 22.7. The molecule has 0 heterocycles. The van der Waals surface area contributed by atoms with Crippen molar-refractivity contribution in [3.63, 3.8) is 0 Å². The summed E-state index contributed by atoms with van der Waals surface area (Å²) in [6.45, 7) is 6.27. The first-order valence-corrected chi connectivity index (χ1v) is 22.7. The number of carbonyl (C=O) groups is 2. The van der Waals surface area contributed by atoms with Gasteiger partial charge in [-0.25, -0.2) is 0 Å². The van der Waals surface area contributed by atoms with Gasteiger partial charge in [0.2, 0.25) is 5.91 Å². The van der Waals surface area contributed by atoms with Crippen molar-refractivity contribution in [3.05, 3.63) is 72.9 Å². The zero-order valence-electron chi connectivity index (χ0n) is 35.8. The van der Waals surface area contributed by atoms with Crippen LogP contribution in [0.2, 0.25) is 0 Å². The molecule has 0 saturated carbocycles. The highest BCUT2D eigenvalue weighted by molar-refractivity contribution is 5.77. The van der Waals surface area contributed by atoms with E-state index in [0.29, 0.717) is 19.3 Å². The molecule has 316 valence electrons. The van der Waals surface area contributed by atoms with E-state index < -0.39 is 18.2 Å². The van der Waals surface area contributed by atoms with Gasteiger partial charge in [-0.2, -0.15) is 0 Å². The van der Waals surface area contributed by atoms with Crippen molar-refractivity contribution >= 4 is 11.9 Å². The highest BCUT2D eigenvalue weighted by Gasteiger charge is 2.24.